The summed E-state index contributed by atoms with van der Waals surface area (Å²) in [6, 6.07) is 0. The van der Waals surface area contributed by atoms with Crippen LogP contribution in [0.15, 0.2) is 23.3 Å². The van der Waals surface area contributed by atoms with Gasteiger partial charge in [0.1, 0.15) is 11.7 Å². The van der Waals surface area contributed by atoms with Gasteiger partial charge < -0.3 is 20.1 Å². The first-order valence-corrected chi connectivity index (χ1v) is 7.22. The molecular weight excluding hydrogens is 272 g/mol. The van der Waals surface area contributed by atoms with E-state index < -0.39 is 29.5 Å². The number of aliphatic hydroxyl groups is 3. The number of carbonyl (C=O) groups excluding carboxylic acids is 1. The molecule has 0 bridgehead atoms. The van der Waals surface area contributed by atoms with Crippen LogP contribution < -0.4 is 0 Å². The Morgan fingerprint density at radius 1 is 1.48 bits per heavy atom. The van der Waals surface area contributed by atoms with E-state index in [1.807, 2.05) is 13.8 Å². The molecule has 5 heteroatoms. The highest BCUT2D eigenvalue weighted by atomic mass is 16.5. The lowest BCUT2D eigenvalue weighted by molar-refractivity contribution is -0.125. The van der Waals surface area contributed by atoms with E-state index in [2.05, 4.69) is 0 Å². The minimum Gasteiger partial charge on any atom is -0.388 e. The summed E-state index contributed by atoms with van der Waals surface area (Å²) < 4.78 is 5.71. The number of allylic oxidation sites excluding steroid dienone is 2. The topological polar surface area (TPSA) is 87.0 Å². The predicted octanol–water partition coefficient (Wildman–Crippen LogP) is 0.872. The van der Waals surface area contributed by atoms with Gasteiger partial charge in [0.15, 0.2) is 5.78 Å². The standard InChI is InChI=1S/C16H24O5/c1-9(2)5-11(17)10-6-12(18)16(20)8-14(15(3,4)19)21-13(16)7-10/h5-6,12-14,18-20H,7-8H2,1-4H3/t12-,13+,14-,16+/m1/s1. The number of aliphatic hydroxyl groups excluding tert-OH is 1. The summed E-state index contributed by atoms with van der Waals surface area (Å²) in [6.45, 7) is 6.86. The third-order valence-electron chi connectivity index (χ3n) is 4.20. The molecule has 2 aliphatic rings. The summed E-state index contributed by atoms with van der Waals surface area (Å²) >= 11 is 0. The van der Waals surface area contributed by atoms with Crippen molar-refractivity contribution in [3.05, 3.63) is 23.3 Å². The van der Waals surface area contributed by atoms with Gasteiger partial charge in [0, 0.05) is 18.4 Å². The highest BCUT2D eigenvalue weighted by Gasteiger charge is 2.56. The summed E-state index contributed by atoms with van der Waals surface area (Å²) in [6.07, 6.45) is 0.867. The first-order valence-electron chi connectivity index (χ1n) is 7.22. The number of ether oxygens (including phenoxy) is 1. The van der Waals surface area contributed by atoms with Crippen molar-refractivity contribution in [2.75, 3.05) is 0 Å². The summed E-state index contributed by atoms with van der Waals surface area (Å²) in [4.78, 5) is 12.1. The summed E-state index contributed by atoms with van der Waals surface area (Å²) in [5.41, 5.74) is -1.25. The summed E-state index contributed by atoms with van der Waals surface area (Å²) in [5.74, 6) is -0.175. The fourth-order valence-corrected chi connectivity index (χ4v) is 2.89. The molecule has 118 valence electrons. The van der Waals surface area contributed by atoms with E-state index in [0.717, 1.165) is 5.57 Å². The third-order valence-corrected chi connectivity index (χ3v) is 4.20. The lowest BCUT2D eigenvalue weighted by atomic mass is 9.77. The molecule has 0 saturated carbocycles. The Morgan fingerprint density at radius 3 is 2.62 bits per heavy atom. The minimum absolute atomic E-state index is 0.142. The Hall–Kier alpha value is -1.01. The van der Waals surface area contributed by atoms with Gasteiger partial charge in [-0.1, -0.05) is 5.57 Å². The van der Waals surface area contributed by atoms with Gasteiger partial charge in [-0.2, -0.15) is 0 Å². The van der Waals surface area contributed by atoms with Crippen LogP contribution in [-0.2, 0) is 9.53 Å². The van der Waals surface area contributed by atoms with E-state index in [1.165, 1.54) is 12.2 Å². The number of ketones is 1. The minimum atomic E-state index is -1.45. The molecule has 1 aliphatic heterocycles. The van der Waals surface area contributed by atoms with Gasteiger partial charge in [-0.25, -0.2) is 0 Å². The lowest BCUT2D eigenvalue weighted by Gasteiger charge is -2.35. The highest BCUT2D eigenvalue weighted by molar-refractivity contribution is 6.04. The molecule has 1 fully saturated rings. The molecule has 4 atom stereocenters. The molecule has 21 heavy (non-hydrogen) atoms. The van der Waals surface area contributed by atoms with Gasteiger partial charge in [0.05, 0.1) is 17.8 Å². The van der Waals surface area contributed by atoms with Gasteiger partial charge in [0.2, 0.25) is 0 Å². The molecule has 1 heterocycles. The Kier molecular flexibility index (Phi) is 4.14. The number of rotatable bonds is 3. The number of hydrogen-bond acceptors (Lipinski definition) is 5. The molecule has 0 spiro atoms. The smallest absolute Gasteiger partial charge is 0.181 e. The number of carbonyl (C=O) groups is 1. The zero-order chi connectivity index (χ0) is 16.0. The molecule has 0 amide bonds. The molecule has 3 N–H and O–H groups in total. The van der Waals surface area contributed by atoms with E-state index in [1.54, 1.807) is 13.8 Å². The second-order valence-corrected chi connectivity index (χ2v) is 6.89. The largest absolute Gasteiger partial charge is 0.388 e. The lowest BCUT2D eigenvalue weighted by Crippen LogP contribution is -2.51. The molecule has 1 saturated heterocycles. The quantitative estimate of drug-likeness (QED) is 0.673. The van der Waals surface area contributed by atoms with E-state index in [4.69, 9.17) is 4.74 Å². The van der Waals surface area contributed by atoms with Crippen LogP contribution in [-0.4, -0.2) is 50.6 Å². The fourth-order valence-electron chi connectivity index (χ4n) is 2.89. The third kappa shape index (κ3) is 3.11. The van der Waals surface area contributed by atoms with Crippen LogP contribution in [0, 0.1) is 0 Å². The van der Waals surface area contributed by atoms with Gasteiger partial charge in [0.25, 0.3) is 0 Å². The van der Waals surface area contributed by atoms with E-state index in [0.29, 0.717) is 5.57 Å². The number of fused-ring (bicyclic) bond motifs is 1. The maximum absolute atomic E-state index is 12.1. The average Bonchev–Trinajstić information content (AvgIpc) is 2.67. The van der Waals surface area contributed by atoms with Crippen LogP contribution >= 0.6 is 0 Å². The van der Waals surface area contributed by atoms with Gasteiger partial charge in [-0.3, -0.25) is 4.79 Å². The van der Waals surface area contributed by atoms with Crippen LogP contribution in [0.3, 0.4) is 0 Å². The van der Waals surface area contributed by atoms with Crippen molar-refractivity contribution in [2.24, 2.45) is 0 Å². The summed E-state index contributed by atoms with van der Waals surface area (Å²) in [7, 11) is 0. The number of hydrogen-bond donors (Lipinski definition) is 3. The molecule has 5 nitrogen and oxygen atoms in total. The van der Waals surface area contributed by atoms with E-state index in [9.17, 15) is 20.1 Å². The first kappa shape index (κ1) is 16.4. The maximum Gasteiger partial charge on any atom is 0.181 e. The monoisotopic (exact) mass is 296 g/mol. The second-order valence-electron chi connectivity index (χ2n) is 6.89. The Morgan fingerprint density at radius 2 is 2.10 bits per heavy atom. The van der Waals surface area contributed by atoms with Crippen molar-refractivity contribution >= 4 is 5.78 Å². The van der Waals surface area contributed by atoms with Crippen molar-refractivity contribution < 1.29 is 24.9 Å². The Bertz CT molecular complexity index is 495. The van der Waals surface area contributed by atoms with Crippen LogP contribution in [0.1, 0.15) is 40.5 Å². The molecule has 0 unspecified atom stereocenters. The molecule has 0 aromatic carbocycles. The average molecular weight is 296 g/mol. The Balaban J connectivity index is 2.24. The molecule has 0 radical (unpaired) electrons. The van der Waals surface area contributed by atoms with Crippen LogP contribution in [0.25, 0.3) is 0 Å². The van der Waals surface area contributed by atoms with E-state index >= 15 is 0 Å². The second kappa shape index (κ2) is 5.32. The van der Waals surface area contributed by atoms with Crippen LogP contribution in [0.2, 0.25) is 0 Å². The van der Waals surface area contributed by atoms with Crippen molar-refractivity contribution in [1.82, 2.24) is 0 Å². The van der Waals surface area contributed by atoms with Crippen molar-refractivity contribution in [3.63, 3.8) is 0 Å². The molecular formula is C16H24O5. The van der Waals surface area contributed by atoms with Crippen LogP contribution in [0.4, 0.5) is 0 Å². The van der Waals surface area contributed by atoms with Crippen molar-refractivity contribution in [1.29, 1.82) is 0 Å². The van der Waals surface area contributed by atoms with Crippen molar-refractivity contribution in [2.45, 2.75) is 70.1 Å². The molecule has 2 rings (SSSR count). The zero-order valence-corrected chi connectivity index (χ0v) is 13.0. The molecule has 0 aromatic rings. The Labute approximate surface area is 124 Å². The molecule has 0 aromatic heterocycles. The predicted molar refractivity (Wildman–Crippen MR) is 77.7 cm³/mol. The maximum atomic E-state index is 12.1. The van der Waals surface area contributed by atoms with Gasteiger partial charge in [-0.05, 0) is 39.8 Å². The van der Waals surface area contributed by atoms with Crippen molar-refractivity contribution in [3.8, 4) is 0 Å². The molecule has 1 aliphatic carbocycles. The van der Waals surface area contributed by atoms with Gasteiger partial charge in [-0.15, -0.1) is 0 Å². The fraction of sp³-hybridized carbons (Fsp3) is 0.688. The normalized spacial score (nSPS) is 36.0. The SMILES string of the molecule is CC(C)=CC(=O)C1=C[C@@H](O)[C@@]2(O)C[C@H](C(C)(C)O)O[C@H]2C1. The van der Waals surface area contributed by atoms with E-state index in [-0.39, 0.29) is 18.6 Å². The summed E-state index contributed by atoms with van der Waals surface area (Å²) in [5, 5.41) is 30.9. The van der Waals surface area contributed by atoms with Gasteiger partial charge >= 0.3 is 0 Å². The zero-order valence-electron chi connectivity index (χ0n) is 13.0. The van der Waals surface area contributed by atoms with Crippen LogP contribution in [0.5, 0.6) is 0 Å². The first-order chi connectivity index (χ1) is 9.54. The highest BCUT2D eigenvalue weighted by Crippen LogP contribution is 2.43.